The molecule has 14 heteroatoms. The van der Waals surface area contributed by atoms with Crippen LogP contribution in [0.25, 0.3) is 33.5 Å². The largest absolute Gasteiger partial charge is 0.496 e. The van der Waals surface area contributed by atoms with Gasteiger partial charge in [-0.05, 0) is 54.6 Å². The van der Waals surface area contributed by atoms with Crippen molar-refractivity contribution in [1.82, 2.24) is 9.66 Å². The third-order valence-electron chi connectivity index (χ3n) is 6.74. The first kappa shape index (κ1) is 30.1. The second-order valence-electron chi connectivity index (χ2n) is 9.74. The van der Waals surface area contributed by atoms with E-state index in [1.165, 1.54) is 43.7 Å². The average molecular weight is 686 g/mol. The first-order valence-corrected chi connectivity index (χ1v) is 14.3. The lowest BCUT2D eigenvalue weighted by molar-refractivity contribution is -0.385. The summed E-state index contributed by atoms with van der Waals surface area (Å²) < 4.78 is 32.0. The highest BCUT2D eigenvalue weighted by atomic mass is 79.9. The maximum atomic E-state index is 13.7. The van der Waals surface area contributed by atoms with Crippen molar-refractivity contribution in [2.75, 3.05) is 19.0 Å². The maximum absolute atomic E-state index is 13.7. The molecular formula is C32H21BrFN5O7. The van der Waals surface area contributed by atoms with Crippen LogP contribution in [-0.4, -0.2) is 40.4 Å². The van der Waals surface area contributed by atoms with Crippen LogP contribution in [0.3, 0.4) is 0 Å². The number of nitro groups is 1. The van der Waals surface area contributed by atoms with Crippen LogP contribution in [0.2, 0.25) is 0 Å². The second-order valence-corrected chi connectivity index (χ2v) is 10.7. The summed E-state index contributed by atoms with van der Waals surface area (Å²) in [4.78, 5) is 42.3. The Hall–Kier alpha value is -5.89. The van der Waals surface area contributed by atoms with Crippen molar-refractivity contribution in [2.24, 2.45) is 5.10 Å². The van der Waals surface area contributed by atoms with Crippen molar-refractivity contribution < 1.29 is 28.0 Å². The Bertz CT molecular complexity index is 2250. The summed E-state index contributed by atoms with van der Waals surface area (Å²) in [6, 6.07) is 21.5. The van der Waals surface area contributed by atoms with Gasteiger partial charge in [0.1, 0.15) is 17.1 Å². The van der Waals surface area contributed by atoms with Gasteiger partial charge in [0.15, 0.2) is 12.4 Å². The van der Waals surface area contributed by atoms with E-state index in [1.807, 2.05) is 0 Å². The number of nitrogens with one attached hydrogen (secondary N) is 1. The number of aromatic nitrogens is 2. The summed E-state index contributed by atoms with van der Waals surface area (Å²) in [5.41, 5.74) is 0.125. The Morgan fingerprint density at radius 3 is 2.70 bits per heavy atom. The third kappa shape index (κ3) is 6.05. The van der Waals surface area contributed by atoms with Crippen LogP contribution < -0.4 is 20.3 Å². The fraction of sp³-hybridized carbons (Fsp3) is 0.0625. The van der Waals surface area contributed by atoms with Gasteiger partial charge in [-0.2, -0.15) is 9.78 Å². The van der Waals surface area contributed by atoms with E-state index in [-0.39, 0.29) is 34.0 Å². The maximum Gasteiger partial charge on any atom is 0.312 e. The van der Waals surface area contributed by atoms with Crippen LogP contribution in [0.4, 0.5) is 15.8 Å². The second kappa shape index (κ2) is 12.6. The smallest absolute Gasteiger partial charge is 0.312 e. The van der Waals surface area contributed by atoms with Crippen LogP contribution in [-0.2, 0) is 4.79 Å². The summed E-state index contributed by atoms with van der Waals surface area (Å²) >= 11 is 3.26. The van der Waals surface area contributed by atoms with Gasteiger partial charge in [-0.15, -0.1) is 0 Å². The van der Waals surface area contributed by atoms with Gasteiger partial charge >= 0.3 is 5.69 Å². The van der Waals surface area contributed by atoms with Gasteiger partial charge in [-0.1, -0.05) is 40.2 Å². The van der Waals surface area contributed by atoms with Crippen molar-refractivity contribution in [3.63, 3.8) is 0 Å². The van der Waals surface area contributed by atoms with Crippen molar-refractivity contribution >= 4 is 61.3 Å². The van der Waals surface area contributed by atoms with Crippen molar-refractivity contribution in [3.8, 4) is 23.1 Å². The molecule has 1 N–H and O–H groups in total. The van der Waals surface area contributed by atoms with E-state index in [0.29, 0.717) is 26.7 Å². The number of carbonyl (C=O) groups excluding carboxylic acids is 1. The number of fused-ring (bicyclic) bond motifs is 2. The molecular weight excluding hydrogens is 665 g/mol. The quantitative estimate of drug-likeness (QED) is 0.103. The normalized spacial score (nSPS) is 11.3. The molecule has 0 unspecified atom stereocenters. The van der Waals surface area contributed by atoms with Crippen LogP contribution in [0.15, 0.2) is 104 Å². The number of nitro benzene ring substituents is 1. The highest BCUT2D eigenvalue weighted by Gasteiger charge is 2.23. The zero-order valence-corrected chi connectivity index (χ0v) is 25.4. The van der Waals surface area contributed by atoms with Crippen LogP contribution >= 0.6 is 15.9 Å². The van der Waals surface area contributed by atoms with Crippen LogP contribution in [0.5, 0.6) is 11.5 Å². The molecule has 1 amide bonds. The Morgan fingerprint density at radius 1 is 1.11 bits per heavy atom. The number of carbonyl (C=O) groups is 1. The molecule has 0 spiro atoms. The van der Waals surface area contributed by atoms with Crippen molar-refractivity contribution in [2.45, 2.75) is 0 Å². The average Bonchev–Trinajstić information content (AvgIpc) is 3.48. The van der Waals surface area contributed by atoms with E-state index in [0.717, 1.165) is 10.7 Å². The number of hydrogen-bond acceptors (Lipinski definition) is 9. The van der Waals surface area contributed by atoms with Gasteiger partial charge < -0.3 is 19.2 Å². The molecule has 230 valence electrons. The zero-order chi connectivity index (χ0) is 32.4. The lowest BCUT2D eigenvalue weighted by atomic mass is 10.2. The first-order valence-electron chi connectivity index (χ1n) is 13.5. The summed E-state index contributed by atoms with van der Waals surface area (Å²) in [5.74, 6) is -0.716. The van der Waals surface area contributed by atoms with Gasteiger partial charge in [0, 0.05) is 21.8 Å². The van der Waals surface area contributed by atoms with Gasteiger partial charge in [0.25, 0.3) is 11.5 Å². The lowest BCUT2D eigenvalue weighted by Crippen LogP contribution is -2.21. The third-order valence-corrected chi connectivity index (χ3v) is 7.20. The Morgan fingerprint density at radius 2 is 1.91 bits per heavy atom. The number of rotatable bonds is 9. The molecule has 6 aromatic rings. The van der Waals surface area contributed by atoms with E-state index < -0.39 is 34.5 Å². The number of anilines is 1. The molecule has 2 heterocycles. The van der Waals surface area contributed by atoms with Crippen LogP contribution in [0, 0.1) is 15.9 Å². The van der Waals surface area contributed by atoms with Crippen molar-refractivity contribution in [3.05, 3.63) is 121 Å². The zero-order valence-electron chi connectivity index (χ0n) is 23.8. The molecule has 0 aliphatic rings. The molecule has 12 nitrogen and oxygen atoms in total. The number of furan rings is 1. The minimum Gasteiger partial charge on any atom is -0.496 e. The number of amides is 1. The Kier molecular flexibility index (Phi) is 8.27. The number of ether oxygens (including phenoxy) is 2. The number of benzene rings is 4. The summed E-state index contributed by atoms with van der Waals surface area (Å²) in [5, 5.41) is 19.7. The van der Waals surface area contributed by atoms with E-state index >= 15 is 0 Å². The monoisotopic (exact) mass is 685 g/mol. The van der Waals surface area contributed by atoms with Gasteiger partial charge in [-0.25, -0.2) is 9.37 Å². The number of methoxy groups -OCH3 is 1. The summed E-state index contributed by atoms with van der Waals surface area (Å²) in [6.45, 7) is -0.649. The van der Waals surface area contributed by atoms with Crippen LogP contribution in [0.1, 0.15) is 5.56 Å². The molecule has 6 rings (SSSR count). The molecule has 0 saturated heterocycles. The van der Waals surface area contributed by atoms with Crippen molar-refractivity contribution in [1.29, 1.82) is 0 Å². The minimum atomic E-state index is -0.691. The SMILES string of the molecule is COc1cccc2oc(-c3nc4ccccc4c(=O)n3N=Cc3cc(Br)cc([N+](=O)[O-])c3OCC(=O)Nc3cccc(F)c3)cc12. The molecule has 0 saturated carbocycles. The van der Waals surface area contributed by atoms with E-state index in [1.54, 1.807) is 48.5 Å². The first-order chi connectivity index (χ1) is 22.2. The molecule has 0 bridgehead atoms. The number of para-hydroxylation sites is 1. The predicted octanol–water partition coefficient (Wildman–Crippen LogP) is 6.53. The predicted molar refractivity (Wildman–Crippen MR) is 172 cm³/mol. The molecule has 0 fully saturated rings. The minimum absolute atomic E-state index is 0.0552. The Labute approximate surface area is 267 Å². The van der Waals surface area contributed by atoms with E-state index in [4.69, 9.17) is 13.9 Å². The van der Waals surface area contributed by atoms with E-state index in [2.05, 4.69) is 31.3 Å². The highest BCUT2D eigenvalue weighted by Crippen LogP contribution is 2.35. The molecule has 46 heavy (non-hydrogen) atoms. The molecule has 0 radical (unpaired) electrons. The highest BCUT2D eigenvalue weighted by molar-refractivity contribution is 9.10. The summed E-state index contributed by atoms with van der Waals surface area (Å²) in [7, 11) is 1.53. The van der Waals surface area contributed by atoms with Gasteiger partial charge in [0.05, 0.1) is 34.5 Å². The number of halogens is 2. The Balaban J connectivity index is 1.43. The fourth-order valence-corrected chi connectivity index (χ4v) is 5.19. The molecule has 0 aliphatic carbocycles. The lowest BCUT2D eigenvalue weighted by Gasteiger charge is -2.11. The standard InChI is InChI=1S/C32H21BrFN5O7/c1-44-26-10-5-11-27-23(26)15-28(46-27)31-37-24-9-3-2-8-22(24)32(41)38(31)35-16-18-12-19(33)13-25(39(42)43)30(18)45-17-29(40)36-21-7-4-6-20(34)14-21/h2-16H,17H2,1H3,(H,36,40). The fourth-order valence-electron chi connectivity index (χ4n) is 4.72. The van der Waals surface area contributed by atoms with Gasteiger partial charge in [0.2, 0.25) is 11.6 Å². The molecule has 2 aromatic heterocycles. The number of nitrogens with zero attached hydrogens (tertiary/aromatic N) is 4. The molecule has 4 aromatic carbocycles. The summed E-state index contributed by atoms with van der Waals surface area (Å²) in [6.07, 6.45) is 1.18. The number of hydrogen-bond donors (Lipinski definition) is 1. The molecule has 0 aliphatic heterocycles. The van der Waals surface area contributed by atoms with Gasteiger partial charge in [-0.3, -0.25) is 19.7 Å². The topological polar surface area (TPSA) is 151 Å². The molecule has 0 atom stereocenters. The van der Waals surface area contributed by atoms with E-state index in [9.17, 15) is 24.1 Å².